The molecule has 2 fully saturated rings. The molecular weight excluding hydrogens is 134 g/mol. The number of halogens is 2. The fraction of sp³-hybridized carbons (Fsp3) is 1.00. The third-order valence-corrected chi connectivity index (χ3v) is 2.94. The molecule has 0 aromatic carbocycles. The van der Waals surface area contributed by atoms with Crippen LogP contribution < -0.4 is 0 Å². The number of fused-ring (bicyclic) bond motifs is 1. The van der Waals surface area contributed by atoms with Crippen molar-refractivity contribution in [1.82, 2.24) is 0 Å². The Balaban J connectivity index is 2.07. The third-order valence-electron chi connectivity index (χ3n) is 2.94. The molecule has 0 spiro atoms. The van der Waals surface area contributed by atoms with Gasteiger partial charge in [-0.25, -0.2) is 8.78 Å². The van der Waals surface area contributed by atoms with E-state index in [0.717, 1.165) is 12.8 Å². The Morgan fingerprint density at radius 3 is 2.00 bits per heavy atom. The highest BCUT2D eigenvalue weighted by molar-refractivity contribution is 4.91. The smallest absolute Gasteiger partial charge is 0.207 e. The highest BCUT2D eigenvalue weighted by atomic mass is 19.3. The van der Waals surface area contributed by atoms with Gasteiger partial charge in [-0.2, -0.15) is 0 Å². The normalized spacial score (nSPS) is 43.8. The molecule has 2 heteroatoms. The van der Waals surface area contributed by atoms with Crippen LogP contribution in [0.2, 0.25) is 0 Å². The third kappa shape index (κ3) is 0.938. The summed E-state index contributed by atoms with van der Waals surface area (Å²) in [6, 6.07) is 0. The van der Waals surface area contributed by atoms with Crippen molar-refractivity contribution in [1.29, 1.82) is 0 Å². The van der Waals surface area contributed by atoms with E-state index in [4.69, 9.17) is 0 Å². The van der Waals surface area contributed by atoms with Gasteiger partial charge in [0, 0.05) is 12.8 Å². The Bertz CT molecular complexity index is 128. The Hall–Kier alpha value is -0.140. The zero-order chi connectivity index (χ0) is 7.19. The number of rotatable bonds is 0. The van der Waals surface area contributed by atoms with E-state index in [1.165, 1.54) is 6.42 Å². The maximum absolute atomic E-state index is 12.7. The van der Waals surface area contributed by atoms with Gasteiger partial charge in [0.25, 0.3) is 0 Å². The van der Waals surface area contributed by atoms with Gasteiger partial charge in [0.2, 0.25) is 5.92 Å². The summed E-state index contributed by atoms with van der Waals surface area (Å²) >= 11 is 0. The molecule has 0 aromatic rings. The van der Waals surface area contributed by atoms with Crippen LogP contribution in [-0.2, 0) is 0 Å². The van der Waals surface area contributed by atoms with Crippen LogP contribution in [0.1, 0.15) is 32.1 Å². The first-order chi connectivity index (χ1) is 4.67. The van der Waals surface area contributed by atoms with Gasteiger partial charge in [-0.05, 0) is 24.7 Å². The Morgan fingerprint density at radius 1 is 1.00 bits per heavy atom. The van der Waals surface area contributed by atoms with Crippen LogP contribution in [0.25, 0.3) is 0 Å². The molecule has 10 heavy (non-hydrogen) atoms. The summed E-state index contributed by atoms with van der Waals surface area (Å²) in [5.74, 6) is -1.57. The van der Waals surface area contributed by atoms with Crippen LogP contribution in [0.3, 0.4) is 0 Å². The minimum absolute atomic E-state index is 0.178. The molecule has 2 aliphatic rings. The maximum atomic E-state index is 12.7. The number of alkyl halides is 2. The fourth-order valence-electron chi connectivity index (χ4n) is 2.50. The van der Waals surface area contributed by atoms with Crippen LogP contribution >= 0.6 is 0 Å². The molecule has 0 aromatic heterocycles. The molecule has 2 rings (SSSR count). The number of hydrogen-bond donors (Lipinski definition) is 0. The van der Waals surface area contributed by atoms with Crippen LogP contribution in [0.4, 0.5) is 8.78 Å². The first-order valence-corrected chi connectivity index (χ1v) is 4.05. The highest BCUT2D eigenvalue weighted by Crippen LogP contribution is 2.50. The largest absolute Gasteiger partial charge is 0.248 e. The minimum atomic E-state index is -2.31. The standard InChI is InChI=1S/C8H12F2/c9-8(10)4-6-2-1-3-7(6)5-8/h6-7H,1-5H2. The SMILES string of the molecule is FC1(F)CC2CCCC2C1. The second-order valence-electron chi connectivity index (χ2n) is 3.72. The van der Waals surface area contributed by atoms with E-state index in [1.54, 1.807) is 0 Å². The Labute approximate surface area is 59.6 Å². The van der Waals surface area contributed by atoms with Crippen molar-refractivity contribution in [3.63, 3.8) is 0 Å². The van der Waals surface area contributed by atoms with Crippen molar-refractivity contribution < 1.29 is 8.78 Å². The van der Waals surface area contributed by atoms with Gasteiger partial charge >= 0.3 is 0 Å². The lowest BCUT2D eigenvalue weighted by Gasteiger charge is -2.07. The minimum Gasteiger partial charge on any atom is -0.207 e. The lowest BCUT2D eigenvalue weighted by atomic mass is 10.0. The second-order valence-corrected chi connectivity index (χ2v) is 3.72. The molecule has 2 unspecified atom stereocenters. The van der Waals surface area contributed by atoms with E-state index in [2.05, 4.69) is 0 Å². The average Bonchev–Trinajstić information content (AvgIpc) is 2.20. The summed E-state index contributed by atoms with van der Waals surface area (Å²) in [4.78, 5) is 0. The van der Waals surface area contributed by atoms with E-state index < -0.39 is 5.92 Å². The molecule has 2 saturated carbocycles. The summed E-state index contributed by atoms with van der Waals surface area (Å²) in [6.45, 7) is 0. The zero-order valence-corrected chi connectivity index (χ0v) is 5.95. The molecule has 2 atom stereocenters. The predicted molar refractivity (Wildman–Crippen MR) is 35.0 cm³/mol. The Kier molecular flexibility index (Phi) is 1.26. The molecule has 0 saturated heterocycles. The van der Waals surface area contributed by atoms with E-state index in [0.29, 0.717) is 11.8 Å². The van der Waals surface area contributed by atoms with Gasteiger partial charge in [0.05, 0.1) is 0 Å². The molecule has 0 radical (unpaired) electrons. The molecule has 0 aliphatic heterocycles. The summed E-state index contributed by atoms with van der Waals surface area (Å²) in [5.41, 5.74) is 0. The summed E-state index contributed by atoms with van der Waals surface area (Å²) in [7, 11) is 0. The average molecular weight is 146 g/mol. The summed E-state index contributed by atoms with van der Waals surface area (Å²) in [5, 5.41) is 0. The molecule has 58 valence electrons. The fourth-order valence-corrected chi connectivity index (χ4v) is 2.50. The van der Waals surface area contributed by atoms with Crippen LogP contribution in [0, 0.1) is 11.8 Å². The van der Waals surface area contributed by atoms with Gasteiger partial charge < -0.3 is 0 Å². The van der Waals surface area contributed by atoms with Gasteiger partial charge in [0.1, 0.15) is 0 Å². The second kappa shape index (κ2) is 1.93. The zero-order valence-electron chi connectivity index (χ0n) is 5.95. The molecule has 0 nitrogen and oxygen atoms in total. The maximum Gasteiger partial charge on any atom is 0.248 e. The van der Waals surface area contributed by atoms with E-state index >= 15 is 0 Å². The van der Waals surface area contributed by atoms with Gasteiger partial charge in [0.15, 0.2) is 0 Å². The van der Waals surface area contributed by atoms with Crippen molar-refractivity contribution in [3.8, 4) is 0 Å². The quantitative estimate of drug-likeness (QED) is 0.493. The van der Waals surface area contributed by atoms with Crippen LogP contribution in [-0.4, -0.2) is 5.92 Å². The van der Waals surface area contributed by atoms with Crippen molar-refractivity contribution >= 4 is 0 Å². The van der Waals surface area contributed by atoms with Crippen LogP contribution in [0.5, 0.6) is 0 Å². The first kappa shape index (κ1) is 6.56. The van der Waals surface area contributed by atoms with Gasteiger partial charge in [-0.3, -0.25) is 0 Å². The lowest BCUT2D eigenvalue weighted by molar-refractivity contribution is 0.000449. The van der Waals surface area contributed by atoms with Gasteiger partial charge in [-0.15, -0.1) is 0 Å². The monoisotopic (exact) mass is 146 g/mol. The van der Waals surface area contributed by atoms with Crippen molar-refractivity contribution in [3.05, 3.63) is 0 Å². The van der Waals surface area contributed by atoms with Gasteiger partial charge in [-0.1, -0.05) is 6.42 Å². The number of hydrogen-bond acceptors (Lipinski definition) is 0. The summed E-state index contributed by atoms with van der Waals surface area (Å²) < 4.78 is 25.3. The van der Waals surface area contributed by atoms with E-state index in [-0.39, 0.29) is 12.8 Å². The van der Waals surface area contributed by atoms with Crippen molar-refractivity contribution in [2.45, 2.75) is 38.0 Å². The molecule has 2 aliphatic carbocycles. The lowest BCUT2D eigenvalue weighted by Crippen LogP contribution is -2.10. The molecule has 0 heterocycles. The molecule has 0 bridgehead atoms. The van der Waals surface area contributed by atoms with Crippen LogP contribution in [0.15, 0.2) is 0 Å². The van der Waals surface area contributed by atoms with Crippen molar-refractivity contribution in [2.75, 3.05) is 0 Å². The van der Waals surface area contributed by atoms with Crippen molar-refractivity contribution in [2.24, 2.45) is 11.8 Å². The summed E-state index contributed by atoms with van der Waals surface area (Å²) in [6.07, 6.45) is 3.65. The first-order valence-electron chi connectivity index (χ1n) is 4.05. The Morgan fingerprint density at radius 2 is 1.50 bits per heavy atom. The van der Waals surface area contributed by atoms with E-state index in [1.807, 2.05) is 0 Å². The molecular formula is C8H12F2. The predicted octanol–water partition coefficient (Wildman–Crippen LogP) is 2.83. The highest BCUT2D eigenvalue weighted by Gasteiger charge is 2.47. The van der Waals surface area contributed by atoms with E-state index in [9.17, 15) is 8.78 Å². The molecule has 0 N–H and O–H groups in total. The molecule has 0 amide bonds. The topological polar surface area (TPSA) is 0 Å².